The Bertz CT molecular complexity index is 689. The summed E-state index contributed by atoms with van der Waals surface area (Å²) in [6, 6.07) is 14.9. The van der Waals surface area contributed by atoms with Crippen molar-refractivity contribution >= 4 is 5.96 Å². The third kappa shape index (κ3) is 5.11. The Balaban J connectivity index is 1.53. The molecule has 26 heavy (non-hydrogen) atoms. The van der Waals surface area contributed by atoms with E-state index in [-0.39, 0.29) is 6.04 Å². The maximum Gasteiger partial charge on any atom is 0.191 e. The van der Waals surface area contributed by atoms with Crippen molar-refractivity contribution in [2.45, 2.75) is 32.2 Å². The summed E-state index contributed by atoms with van der Waals surface area (Å²) >= 11 is 0. The van der Waals surface area contributed by atoms with Gasteiger partial charge in [0.05, 0.1) is 6.04 Å². The monoisotopic (exact) mass is 354 g/mol. The summed E-state index contributed by atoms with van der Waals surface area (Å²) in [7, 11) is 1.82. The average molecular weight is 354 g/mol. The quantitative estimate of drug-likeness (QED) is 0.592. The van der Waals surface area contributed by atoms with Gasteiger partial charge in [-0.05, 0) is 57.0 Å². The molecule has 0 bridgehead atoms. The summed E-state index contributed by atoms with van der Waals surface area (Å²) in [6.07, 6.45) is 3.51. The highest BCUT2D eigenvalue weighted by Gasteiger charge is 2.26. The first-order chi connectivity index (χ1) is 12.8. The maximum atomic E-state index is 5.92. The molecule has 0 amide bonds. The molecule has 0 radical (unpaired) electrons. The van der Waals surface area contributed by atoms with Gasteiger partial charge in [0.1, 0.15) is 11.5 Å². The molecule has 1 aromatic heterocycles. The van der Waals surface area contributed by atoms with Crippen LogP contribution in [0.1, 0.15) is 36.0 Å². The standard InChI is InChI=1S/C21H30N4O/c1-17-10-11-20(26-17)19(25-14-6-7-15-25)16-24-21(22-2)23-13-12-18-8-4-3-5-9-18/h3-5,8-11,19H,6-7,12-16H2,1-2H3,(H2,22,23,24). The fourth-order valence-corrected chi connectivity index (χ4v) is 3.48. The van der Waals surface area contributed by atoms with E-state index >= 15 is 0 Å². The number of hydrogen-bond acceptors (Lipinski definition) is 3. The lowest BCUT2D eigenvalue weighted by molar-refractivity contribution is 0.213. The molecule has 1 fully saturated rings. The van der Waals surface area contributed by atoms with Crippen LogP contribution in [-0.4, -0.2) is 44.1 Å². The predicted octanol–water partition coefficient (Wildman–Crippen LogP) is 3.13. The molecule has 1 saturated heterocycles. The molecule has 0 spiro atoms. The Morgan fingerprint density at radius 1 is 1.12 bits per heavy atom. The van der Waals surface area contributed by atoms with E-state index in [0.717, 1.165) is 50.1 Å². The number of nitrogens with one attached hydrogen (secondary N) is 2. The lowest BCUT2D eigenvalue weighted by Crippen LogP contribution is -2.43. The van der Waals surface area contributed by atoms with Crippen LogP contribution in [0.25, 0.3) is 0 Å². The molecule has 5 nitrogen and oxygen atoms in total. The van der Waals surface area contributed by atoms with E-state index in [4.69, 9.17) is 4.42 Å². The minimum atomic E-state index is 0.249. The minimum Gasteiger partial charge on any atom is -0.465 e. The number of hydrogen-bond donors (Lipinski definition) is 2. The average Bonchev–Trinajstić information content (AvgIpc) is 3.34. The van der Waals surface area contributed by atoms with Crippen molar-refractivity contribution in [1.82, 2.24) is 15.5 Å². The van der Waals surface area contributed by atoms with Crippen molar-refractivity contribution in [3.05, 3.63) is 59.5 Å². The molecule has 2 heterocycles. The van der Waals surface area contributed by atoms with Crippen molar-refractivity contribution in [3.63, 3.8) is 0 Å². The maximum absolute atomic E-state index is 5.92. The zero-order chi connectivity index (χ0) is 18.2. The Kier molecular flexibility index (Phi) is 6.72. The largest absolute Gasteiger partial charge is 0.465 e. The summed E-state index contributed by atoms with van der Waals surface area (Å²) in [5.41, 5.74) is 1.33. The molecule has 1 unspecified atom stereocenters. The third-order valence-electron chi connectivity index (χ3n) is 4.91. The van der Waals surface area contributed by atoms with E-state index in [9.17, 15) is 0 Å². The van der Waals surface area contributed by atoms with Crippen LogP contribution in [0.4, 0.5) is 0 Å². The molecule has 2 N–H and O–H groups in total. The molecule has 0 aliphatic carbocycles. The Morgan fingerprint density at radius 2 is 1.88 bits per heavy atom. The van der Waals surface area contributed by atoms with Gasteiger partial charge in [0.15, 0.2) is 5.96 Å². The van der Waals surface area contributed by atoms with Gasteiger partial charge in [-0.3, -0.25) is 9.89 Å². The Hall–Kier alpha value is -2.27. The van der Waals surface area contributed by atoms with Gasteiger partial charge >= 0.3 is 0 Å². The van der Waals surface area contributed by atoms with Crippen molar-refractivity contribution in [1.29, 1.82) is 0 Å². The molecule has 3 rings (SSSR count). The SMILES string of the molecule is CN=C(NCCc1ccccc1)NCC(c1ccc(C)o1)N1CCCC1. The van der Waals surface area contributed by atoms with Gasteiger partial charge in [-0.15, -0.1) is 0 Å². The zero-order valence-electron chi connectivity index (χ0n) is 15.9. The summed E-state index contributed by atoms with van der Waals surface area (Å²) < 4.78 is 5.92. The number of guanidine groups is 1. The van der Waals surface area contributed by atoms with E-state index in [1.165, 1.54) is 18.4 Å². The number of furan rings is 1. The third-order valence-corrected chi connectivity index (χ3v) is 4.91. The Labute approximate surface area is 156 Å². The van der Waals surface area contributed by atoms with E-state index in [2.05, 4.69) is 50.9 Å². The van der Waals surface area contributed by atoms with Crippen LogP contribution >= 0.6 is 0 Å². The smallest absolute Gasteiger partial charge is 0.191 e. The van der Waals surface area contributed by atoms with E-state index in [1.54, 1.807) is 0 Å². The number of aliphatic imine (C=N–C) groups is 1. The van der Waals surface area contributed by atoms with Gasteiger partial charge in [-0.25, -0.2) is 0 Å². The summed E-state index contributed by atoms with van der Waals surface area (Å²) in [6.45, 7) is 5.91. The molecular formula is C21H30N4O. The topological polar surface area (TPSA) is 52.8 Å². The van der Waals surface area contributed by atoms with E-state index < -0.39 is 0 Å². The van der Waals surface area contributed by atoms with Gasteiger partial charge in [0, 0.05) is 20.1 Å². The van der Waals surface area contributed by atoms with Crippen LogP contribution in [-0.2, 0) is 6.42 Å². The van der Waals surface area contributed by atoms with Crippen LogP contribution in [0.3, 0.4) is 0 Å². The van der Waals surface area contributed by atoms with Gasteiger partial charge in [0.25, 0.3) is 0 Å². The summed E-state index contributed by atoms with van der Waals surface area (Å²) in [5.74, 6) is 2.85. The lowest BCUT2D eigenvalue weighted by Gasteiger charge is -2.26. The second-order valence-electron chi connectivity index (χ2n) is 6.82. The highest BCUT2D eigenvalue weighted by Crippen LogP contribution is 2.26. The van der Waals surface area contributed by atoms with Gasteiger partial charge in [0.2, 0.25) is 0 Å². The van der Waals surface area contributed by atoms with Crippen LogP contribution in [0.15, 0.2) is 51.9 Å². The summed E-state index contributed by atoms with van der Waals surface area (Å²) in [5, 5.41) is 6.89. The first-order valence-electron chi connectivity index (χ1n) is 9.55. The number of benzene rings is 1. The number of aryl methyl sites for hydroxylation is 1. The van der Waals surface area contributed by atoms with Gasteiger partial charge in [-0.1, -0.05) is 30.3 Å². The van der Waals surface area contributed by atoms with Crippen molar-refractivity contribution in [2.24, 2.45) is 4.99 Å². The first kappa shape index (κ1) is 18.5. The molecule has 5 heteroatoms. The molecular weight excluding hydrogens is 324 g/mol. The molecule has 2 aromatic rings. The number of rotatable bonds is 7. The summed E-state index contributed by atoms with van der Waals surface area (Å²) in [4.78, 5) is 6.86. The molecule has 1 aromatic carbocycles. The molecule has 1 aliphatic heterocycles. The zero-order valence-corrected chi connectivity index (χ0v) is 15.9. The molecule has 1 atom stereocenters. The van der Waals surface area contributed by atoms with Crippen molar-refractivity contribution in [2.75, 3.05) is 33.2 Å². The van der Waals surface area contributed by atoms with Crippen molar-refractivity contribution < 1.29 is 4.42 Å². The highest BCUT2D eigenvalue weighted by atomic mass is 16.3. The number of likely N-dealkylation sites (tertiary alicyclic amines) is 1. The molecule has 140 valence electrons. The van der Waals surface area contributed by atoms with Gasteiger partial charge in [-0.2, -0.15) is 0 Å². The normalized spacial score (nSPS) is 16.6. The van der Waals surface area contributed by atoms with E-state index in [0.29, 0.717) is 0 Å². The molecule has 0 saturated carbocycles. The highest BCUT2D eigenvalue weighted by molar-refractivity contribution is 5.79. The second-order valence-corrected chi connectivity index (χ2v) is 6.82. The minimum absolute atomic E-state index is 0.249. The van der Waals surface area contributed by atoms with E-state index in [1.807, 2.05) is 26.1 Å². The van der Waals surface area contributed by atoms with Crippen LogP contribution in [0.5, 0.6) is 0 Å². The van der Waals surface area contributed by atoms with Crippen LogP contribution < -0.4 is 10.6 Å². The fourth-order valence-electron chi connectivity index (χ4n) is 3.48. The Morgan fingerprint density at radius 3 is 2.54 bits per heavy atom. The van der Waals surface area contributed by atoms with Gasteiger partial charge < -0.3 is 15.1 Å². The lowest BCUT2D eigenvalue weighted by atomic mass is 10.1. The van der Waals surface area contributed by atoms with Crippen LogP contribution in [0.2, 0.25) is 0 Å². The first-order valence-corrected chi connectivity index (χ1v) is 9.55. The van der Waals surface area contributed by atoms with Crippen molar-refractivity contribution in [3.8, 4) is 0 Å². The number of nitrogens with zero attached hydrogens (tertiary/aromatic N) is 2. The predicted molar refractivity (Wildman–Crippen MR) is 107 cm³/mol. The molecule has 1 aliphatic rings. The van der Waals surface area contributed by atoms with Crippen LogP contribution in [0, 0.1) is 6.92 Å². The second kappa shape index (κ2) is 9.43. The fraction of sp³-hybridized carbons (Fsp3) is 0.476.